The van der Waals surface area contributed by atoms with Crippen molar-refractivity contribution >= 4 is 23.3 Å². The number of methoxy groups -OCH3 is 1. The third kappa shape index (κ3) is 3.42. The molecule has 2 N–H and O–H groups in total. The van der Waals surface area contributed by atoms with Gasteiger partial charge in [-0.1, -0.05) is 5.10 Å². The van der Waals surface area contributed by atoms with Crippen LogP contribution < -0.4 is 15.2 Å². The molecule has 0 atom stereocenters. The highest BCUT2D eigenvalue weighted by Gasteiger charge is 2.49. The van der Waals surface area contributed by atoms with Gasteiger partial charge in [0.05, 0.1) is 18.7 Å². The molecule has 13 nitrogen and oxygen atoms in total. The molecule has 0 aliphatic carbocycles. The van der Waals surface area contributed by atoms with Gasteiger partial charge < -0.3 is 19.5 Å². The van der Waals surface area contributed by atoms with Crippen LogP contribution in [0.15, 0.2) is 41.5 Å². The molecule has 0 bridgehead atoms. The van der Waals surface area contributed by atoms with E-state index < -0.39 is 11.0 Å². The Morgan fingerprint density at radius 2 is 1.92 bits per heavy atom. The van der Waals surface area contributed by atoms with Crippen molar-refractivity contribution in [2.75, 3.05) is 31.6 Å². The number of fused-ring (bicyclic) bond motifs is 1. The summed E-state index contributed by atoms with van der Waals surface area (Å²) in [6.45, 7) is 1.43. The fraction of sp³-hybridized carbons (Fsp3) is 0.348. The number of aromatic nitrogens is 7. The number of benzene rings is 1. The van der Waals surface area contributed by atoms with Gasteiger partial charge in [-0.15, -0.1) is 4.52 Å². The van der Waals surface area contributed by atoms with E-state index in [1.807, 2.05) is 23.1 Å². The largest absolute Gasteiger partial charge is 0.496 e. The summed E-state index contributed by atoms with van der Waals surface area (Å²) in [6.07, 6.45) is 5.33. The molecule has 0 unspecified atom stereocenters. The molecule has 1 aromatic carbocycles. The molecule has 2 amide bonds. The van der Waals surface area contributed by atoms with Crippen LogP contribution in [0, 0.1) is 5.41 Å². The van der Waals surface area contributed by atoms with Gasteiger partial charge in [-0.2, -0.15) is 5.10 Å². The molecule has 2 fully saturated rings. The van der Waals surface area contributed by atoms with Gasteiger partial charge in [-0.3, -0.25) is 19.5 Å². The minimum atomic E-state index is -0.512. The lowest BCUT2D eigenvalue weighted by molar-refractivity contribution is -0.127. The van der Waals surface area contributed by atoms with Gasteiger partial charge in [-0.25, -0.2) is 0 Å². The molecule has 2 saturated heterocycles. The summed E-state index contributed by atoms with van der Waals surface area (Å²) in [7, 11) is 1.60. The van der Waals surface area contributed by atoms with E-state index in [1.54, 1.807) is 24.4 Å². The fourth-order valence-electron chi connectivity index (χ4n) is 5.19. The molecule has 4 aromatic rings. The van der Waals surface area contributed by atoms with Gasteiger partial charge in [0.2, 0.25) is 5.91 Å². The van der Waals surface area contributed by atoms with E-state index in [-0.39, 0.29) is 23.3 Å². The van der Waals surface area contributed by atoms with Gasteiger partial charge in [-0.05, 0) is 41.8 Å². The van der Waals surface area contributed by atoms with Crippen molar-refractivity contribution in [1.29, 1.82) is 0 Å². The Morgan fingerprint density at radius 3 is 2.67 bits per heavy atom. The summed E-state index contributed by atoms with van der Waals surface area (Å²) in [5.74, 6) is 0.526. The first-order chi connectivity index (χ1) is 17.5. The Hall–Kier alpha value is -4.55. The number of carbonyl (C=O) groups excluding carboxylic acids is 2. The normalized spacial score (nSPS) is 17.3. The number of nitrogens with one attached hydrogen (secondary N) is 2. The molecule has 1 spiro atoms. The SMILES string of the molecule is COc1cc(N2CCC3(CCN(C(=O)c4cc(=O)n5nnnc5[nH]4)CC3)C2=O)ccc1-c1cn[nH]c1. The number of H-pyrrole nitrogens is 2. The number of amides is 2. The Kier molecular flexibility index (Phi) is 5.05. The van der Waals surface area contributed by atoms with Crippen molar-refractivity contribution in [2.45, 2.75) is 19.3 Å². The van der Waals surface area contributed by atoms with Crippen molar-refractivity contribution in [1.82, 2.24) is 40.1 Å². The monoisotopic (exact) mass is 489 g/mol. The first-order valence-electron chi connectivity index (χ1n) is 11.6. The van der Waals surface area contributed by atoms with E-state index >= 15 is 0 Å². The molecule has 184 valence electrons. The van der Waals surface area contributed by atoms with Gasteiger partial charge in [0, 0.05) is 54.8 Å². The summed E-state index contributed by atoms with van der Waals surface area (Å²) in [6, 6.07) is 6.93. The van der Waals surface area contributed by atoms with Gasteiger partial charge in [0.1, 0.15) is 11.4 Å². The summed E-state index contributed by atoms with van der Waals surface area (Å²) >= 11 is 0. The number of rotatable bonds is 4. The number of carbonyl (C=O) groups is 2. The standard InChI is InChI=1S/C23H23N9O4/c1-36-18-10-15(2-3-16(18)14-12-24-25-13-14)31-9-6-23(21(31)35)4-7-30(8-5-23)20(34)17-11-19(33)32-22(26-17)27-28-29-32/h2-3,10-13H,4-9H2,1H3,(H,24,25)(H,26,27,29). The molecule has 3 aromatic heterocycles. The maximum Gasteiger partial charge on any atom is 0.277 e. The van der Waals surface area contributed by atoms with E-state index in [4.69, 9.17) is 4.74 Å². The Bertz CT molecular complexity index is 1520. The van der Waals surface area contributed by atoms with Crippen molar-refractivity contribution in [3.63, 3.8) is 0 Å². The molecule has 0 saturated carbocycles. The molecule has 2 aliphatic heterocycles. The average Bonchev–Trinajstić information content (AvgIpc) is 3.66. The highest BCUT2D eigenvalue weighted by atomic mass is 16.5. The maximum atomic E-state index is 13.6. The minimum Gasteiger partial charge on any atom is -0.496 e. The van der Waals surface area contributed by atoms with Crippen molar-refractivity contribution in [3.8, 4) is 16.9 Å². The highest BCUT2D eigenvalue weighted by molar-refractivity contribution is 6.01. The number of aromatic amines is 2. The van der Waals surface area contributed by atoms with Crippen LogP contribution in [-0.2, 0) is 4.79 Å². The van der Waals surface area contributed by atoms with Crippen LogP contribution in [0.4, 0.5) is 5.69 Å². The van der Waals surface area contributed by atoms with Crippen LogP contribution in [0.5, 0.6) is 5.75 Å². The number of nitrogens with zero attached hydrogens (tertiary/aromatic N) is 7. The van der Waals surface area contributed by atoms with Crippen LogP contribution in [0.3, 0.4) is 0 Å². The van der Waals surface area contributed by atoms with Crippen LogP contribution in [0.1, 0.15) is 29.8 Å². The van der Waals surface area contributed by atoms with Crippen LogP contribution in [0.25, 0.3) is 16.9 Å². The number of piperidine rings is 1. The molecule has 5 heterocycles. The zero-order valence-electron chi connectivity index (χ0n) is 19.5. The third-order valence-electron chi connectivity index (χ3n) is 7.25. The second kappa shape index (κ2) is 8.29. The number of anilines is 1. The molecule has 2 aliphatic rings. The summed E-state index contributed by atoms with van der Waals surface area (Å²) in [5, 5.41) is 17.5. The number of likely N-dealkylation sites (tertiary alicyclic amines) is 1. The molecule has 36 heavy (non-hydrogen) atoms. The number of hydrogen-bond acceptors (Lipinski definition) is 8. The maximum absolute atomic E-state index is 13.6. The second-order valence-corrected chi connectivity index (χ2v) is 9.09. The first kappa shape index (κ1) is 21.9. The van der Waals surface area contributed by atoms with E-state index in [9.17, 15) is 14.4 Å². The Morgan fingerprint density at radius 1 is 1.11 bits per heavy atom. The smallest absolute Gasteiger partial charge is 0.277 e. The van der Waals surface area contributed by atoms with Crippen LogP contribution in [-0.4, -0.2) is 78.7 Å². The molecular formula is C23H23N9O4. The van der Waals surface area contributed by atoms with E-state index in [2.05, 4.69) is 30.7 Å². The Balaban J connectivity index is 1.18. The molecular weight excluding hydrogens is 466 g/mol. The summed E-state index contributed by atoms with van der Waals surface area (Å²) in [5.41, 5.74) is 1.71. The first-order valence-corrected chi connectivity index (χ1v) is 11.6. The van der Waals surface area contributed by atoms with Crippen molar-refractivity contribution in [3.05, 3.63) is 52.7 Å². The lowest BCUT2D eigenvalue weighted by Gasteiger charge is -2.37. The van der Waals surface area contributed by atoms with E-state index in [0.29, 0.717) is 44.6 Å². The lowest BCUT2D eigenvalue weighted by atomic mass is 9.77. The Labute approximate surface area is 204 Å². The van der Waals surface area contributed by atoms with E-state index in [0.717, 1.165) is 21.3 Å². The fourth-order valence-corrected chi connectivity index (χ4v) is 5.19. The topological polar surface area (TPSA) is 154 Å². The third-order valence-corrected chi connectivity index (χ3v) is 7.25. The van der Waals surface area contributed by atoms with Crippen LogP contribution in [0.2, 0.25) is 0 Å². The molecule has 6 rings (SSSR count). The average molecular weight is 489 g/mol. The predicted octanol–water partition coefficient (Wildman–Crippen LogP) is 0.871. The summed E-state index contributed by atoms with van der Waals surface area (Å²) in [4.78, 5) is 45.1. The highest BCUT2D eigenvalue weighted by Crippen LogP contribution is 2.44. The van der Waals surface area contributed by atoms with Crippen molar-refractivity contribution < 1.29 is 14.3 Å². The van der Waals surface area contributed by atoms with Crippen molar-refractivity contribution in [2.24, 2.45) is 5.41 Å². The van der Waals surface area contributed by atoms with Gasteiger partial charge in [0.25, 0.3) is 17.2 Å². The van der Waals surface area contributed by atoms with Gasteiger partial charge in [0.15, 0.2) is 0 Å². The minimum absolute atomic E-state index is 0.0667. The van der Waals surface area contributed by atoms with Crippen LogP contribution >= 0.6 is 0 Å². The zero-order chi connectivity index (χ0) is 24.9. The number of hydrogen-bond donors (Lipinski definition) is 2. The predicted molar refractivity (Wildman–Crippen MR) is 127 cm³/mol. The molecule has 13 heteroatoms. The zero-order valence-corrected chi connectivity index (χ0v) is 19.5. The van der Waals surface area contributed by atoms with E-state index in [1.165, 1.54) is 6.07 Å². The lowest BCUT2D eigenvalue weighted by Crippen LogP contribution is -2.47. The number of tetrazole rings is 1. The quantitative estimate of drug-likeness (QED) is 0.428. The molecule has 0 radical (unpaired) electrons. The van der Waals surface area contributed by atoms with Gasteiger partial charge >= 0.3 is 0 Å². The second-order valence-electron chi connectivity index (χ2n) is 9.09. The number of ether oxygens (including phenoxy) is 1. The summed E-state index contributed by atoms with van der Waals surface area (Å²) < 4.78 is 6.58.